The summed E-state index contributed by atoms with van der Waals surface area (Å²) in [4.78, 5) is 23.2. The normalized spacial score (nSPS) is 18.4. The van der Waals surface area contributed by atoms with E-state index in [0.717, 1.165) is 63.6 Å². The van der Waals surface area contributed by atoms with Crippen LogP contribution in [0.25, 0.3) is 0 Å². The van der Waals surface area contributed by atoms with E-state index in [9.17, 15) is 4.79 Å². The van der Waals surface area contributed by atoms with Crippen LogP contribution in [-0.2, 0) is 11.3 Å². The van der Waals surface area contributed by atoms with Crippen molar-refractivity contribution in [3.8, 4) is 6.07 Å². The number of rotatable bonds is 4. The minimum atomic E-state index is 0.265. The van der Waals surface area contributed by atoms with Gasteiger partial charge in [0, 0.05) is 52.9 Å². The van der Waals surface area contributed by atoms with Crippen molar-refractivity contribution >= 4 is 11.9 Å². The van der Waals surface area contributed by atoms with Gasteiger partial charge in [0.25, 0.3) is 0 Å². The van der Waals surface area contributed by atoms with Gasteiger partial charge in [-0.05, 0) is 30.5 Å². The molecule has 1 N–H and O–H groups in total. The number of amides is 1. The Kier molecular flexibility index (Phi) is 6.66. The van der Waals surface area contributed by atoms with Crippen LogP contribution in [-0.4, -0.2) is 79.4 Å². The molecule has 0 spiro atoms. The van der Waals surface area contributed by atoms with Crippen molar-refractivity contribution in [2.75, 3.05) is 52.9 Å². The molecule has 3 rings (SSSR count). The summed E-state index contributed by atoms with van der Waals surface area (Å²) >= 11 is 0. The molecule has 0 atom stereocenters. The molecule has 0 saturated carbocycles. The maximum absolute atomic E-state index is 12.3. The molecule has 2 aliphatic heterocycles. The summed E-state index contributed by atoms with van der Waals surface area (Å²) in [5, 5.41) is 12.4. The van der Waals surface area contributed by atoms with Gasteiger partial charge in [-0.2, -0.15) is 5.26 Å². The van der Waals surface area contributed by atoms with Crippen LogP contribution in [0.3, 0.4) is 0 Å². The largest absolute Gasteiger partial charge is 0.352 e. The van der Waals surface area contributed by atoms with E-state index in [1.807, 2.05) is 23.1 Å². The molecular weight excluding hydrogens is 340 g/mol. The zero-order chi connectivity index (χ0) is 19.1. The zero-order valence-electron chi connectivity index (χ0n) is 16.0. The summed E-state index contributed by atoms with van der Waals surface area (Å²) in [6.45, 7) is 6.44. The fourth-order valence-electron chi connectivity index (χ4n) is 3.64. The standard InChI is InChI=1S/C20H28N6O/c1-22-20(23-15-18-6-4-5-17(13-18)14-21)26-11-9-24(10-12-26)16-19(27)25-7-2-3-8-25/h4-6,13H,2-3,7-12,15-16H2,1H3,(H,22,23). The van der Waals surface area contributed by atoms with Gasteiger partial charge in [-0.15, -0.1) is 0 Å². The molecule has 1 aromatic rings. The number of aliphatic imine (C=N–C) groups is 1. The van der Waals surface area contributed by atoms with Crippen molar-refractivity contribution in [3.63, 3.8) is 0 Å². The number of nitrogens with zero attached hydrogens (tertiary/aromatic N) is 5. The first-order valence-electron chi connectivity index (χ1n) is 9.64. The van der Waals surface area contributed by atoms with E-state index >= 15 is 0 Å². The van der Waals surface area contributed by atoms with Crippen molar-refractivity contribution in [1.82, 2.24) is 20.0 Å². The second kappa shape index (κ2) is 9.38. The highest BCUT2D eigenvalue weighted by Crippen LogP contribution is 2.10. The summed E-state index contributed by atoms with van der Waals surface area (Å²) in [6.07, 6.45) is 2.28. The summed E-state index contributed by atoms with van der Waals surface area (Å²) in [7, 11) is 1.79. The minimum Gasteiger partial charge on any atom is -0.352 e. The Morgan fingerprint density at radius 1 is 1.15 bits per heavy atom. The van der Waals surface area contributed by atoms with Crippen LogP contribution < -0.4 is 5.32 Å². The number of benzene rings is 1. The fourth-order valence-corrected chi connectivity index (χ4v) is 3.64. The quantitative estimate of drug-likeness (QED) is 0.631. The number of guanidine groups is 1. The average Bonchev–Trinajstić information content (AvgIpc) is 3.25. The zero-order valence-corrected chi connectivity index (χ0v) is 16.0. The lowest BCUT2D eigenvalue weighted by atomic mass is 10.1. The molecule has 0 unspecified atom stereocenters. The highest BCUT2D eigenvalue weighted by Gasteiger charge is 2.24. The number of carbonyl (C=O) groups excluding carboxylic acids is 1. The van der Waals surface area contributed by atoms with Gasteiger partial charge in [0.1, 0.15) is 0 Å². The molecule has 0 aliphatic carbocycles. The summed E-state index contributed by atoms with van der Waals surface area (Å²) < 4.78 is 0. The Morgan fingerprint density at radius 2 is 1.89 bits per heavy atom. The molecule has 0 bridgehead atoms. The third-order valence-electron chi connectivity index (χ3n) is 5.21. The maximum atomic E-state index is 12.3. The van der Waals surface area contributed by atoms with Crippen LogP contribution in [0, 0.1) is 11.3 Å². The molecular formula is C20H28N6O. The Balaban J connectivity index is 1.45. The Labute approximate surface area is 161 Å². The monoisotopic (exact) mass is 368 g/mol. The van der Waals surface area contributed by atoms with Gasteiger partial charge in [-0.25, -0.2) is 0 Å². The third-order valence-corrected chi connectivity index (χ3v) is 5.21. The first kappa shape index (κ1) is 19.2. The Hall–Kier alpha value is -2.59. The SMILES string of the molecule is CN=C(NCc1cccc(C#N)c1)N1CCN(CC(=O)N2CCCC2)CC1. The van der Waals surface area contributed by atoms with Crippen LogP contribution >= 0.6 is 0 Å². The highest BCUT2D eigenvalue weighted by molar-refractivity contribution is 5.80. The number of carbonyl (C=O) groups is 1. The molecule has 2 saturated heterocycles. The van der Waals surface area contributed by atoms with Crippen LogP contribution in [0.4, 0.5) is 0 Å². The fraction of sp³-hybridized carbons (Fsp3) is 0.550. The lowest BCUT2D eigenvalue weighted by Crippen LogP contribution is -2.54. The van der Waals surface area contributed by atoms with Gasteiger partial charge < -0.3 is 15.1 Å². The van der Waals surface area contributed by atoms with Crippen molar-refractivity contribution in [2.24, 2.45) is 4.99 Å². The molecule has 2 heterocycles. The van der Waals surface area contributed by atoms with Gasteiger partial charge in [-0.3, -0.25) is 14.7 Å². The molecule has 0 radical (unpaired) electrons. The van der Waals surface area contributed by atoms with Crippen LogP contribution in [0.15, 0.2) is 29.3 Å². The predicted octanol–water partition coefficient (Wildman–Crippen LogP) is 0.874. The molecule has 7 nitrogen and oxygen atoms in total. The van der Waals surface area contributed by atoms with Gasteiger partial charge in [0.2, 0.25) is 5.91 Å². The number of nitriles is 1. The number of hydrogen-bond acceptors (Lipinski definition) is 4. The van der Waals surface area contributed by atoms with Crippen molar-refractivity contribution in [2.45, 2.75) is 19.4 Å². The molecule has 2 aliphatic rings. The van der Waals surface area contributed by atoms with Gasteiger partial charge in [0.15, 0.2) is 5.96 Å². The first-order valence-corrected chi connectivity index (χ1v) is 9.64. The van der Waals surface area contributed by atoms with E-state index in [4.69, 9.17) is 5.26 Å². The van der Waals surface area contributed by atoms with Gasteiger partial charge in [-0.1, -0.05) is 12.1 Å². The van der Waals surface area contributed by atoms with Crippen molar-refractivity contribution in [1.29, 1.82) is 5.26 Å². The lowest BCUT2D eigenvalue weighted by molar-refractivity contribution is -0.131. The Bertz CT molecular complexity index is 711. The van der Waals surface area contributed by atoms with E-state index in [0.29, 0.717) is 18.7 Å². The molecule has 1 aromatic carbocycles. The number of piperazine rings is 1. The lowest BCUT2D eigenvalue weighted by Gasteiger charge is -2.36. The molecule has 27 heavy (non-hydrogen) atoms. The Morgan fingerprint density at radius 3 is 2.56 bits per heavy atom. The van der Waals surface area contributed by atoms with Crippen LogP contribution in [0.5, 0.6) is 0 Å². The molecule has 2 fully saturated rings. The number of nitrogens with one attached hydrogen (secondary N) is 1. The molecule has 7 heteroatoms. The second-order valence-corrected chi connectivity index (χ2v) is 7.06. The first-order chi connectivity index (χ1) is 13.2. The van der Waals surface area contributed by atoms with Gasteiger partial charge in [0.05, 0.1) is 18.2 Å². The summed E-state index contributed by atoms with van der Waals surface area (Å²) in [5.74, 6) is 1.13. The van der Waals surface area contributed by atoms with Crippen LogP contribution in [0.1, 0.15) is 24.0 Å². The molecule has 144 valence electrons. The van der Waals surface area contributed by atoms with E-state index in [-0.39, 0.29) is 5.91 Å². The predicted molar refractivity (Wildman–Crippen MR) is 105 cm³/mol. The van der Waals surface area contributed by atoms with E-state index in [1.54, 1.807) is 13.1 Å². The number of hydrogen-bond donors (Lipinski definition) is 1. The van der Waals surface area contributed by atoms with Crippen molar-refractivity contribution in [3.05, 3.63) is 35.4 Å². The summed E-state index contributed by atoms with van der Waals surface area (Å²) in [5.41, 5.74) is 1.73. The molecule has 1 amide bonds. The maximum Gasteiger partial charge on any atom is 0.236 e. The van der Waals surface area contributed by atoms with E-state index in [2.05, 4.69) is 26.2 Å². The highest BCUT2D eigenvalue weighted by atomic mass is 16.2. The number of likely N-dealkylation sites (tertiary alicyclic amines) is 1. The van der Waals surface area contributed by atoms with Crippen molar-refractivity contribution < 1.29 is 4.79 Å². The molecule has 0 aromatic heterocycles. The van der Waals surface area contributed by atoms with Gasteiger partial charge >= 0.3 is 0 Å². The average molecular weight is 368 g/mol. The summed E-state index contributed by atoms with van der Waals surface area (Å²) in [6, 6.07) is 9.77. The van der Waals surface area contributed by atoms with Crippen LogP contribution in [0.2, 0.25) is 0 Å². The topological polar surface area (TPSA) is 75.0 Å². The second-order valence-electron chi connectivity index (χ2n) is 7.06. The minimum absolute atomic E-state index is 0.265. The third kappa shape index (κ3) is 5.20. The van der Waals surface area contributed by atoms with E-state index in [1.165, 1.54) is 0 Å². The van der Waals surface area contributed by atoms with E-state index < -0.39 is 0 Å². The smallest absolute Gasteiger partial charge is 0.236 e.